The Bertz CT molecular complexity index is 761. The Labute approximate surface area is 167 Å². The molecule has 5 atom stereocenters. The minimum atomic E-state index is -0.0458. The lowest BCUT2D eigenvalue weighted by Gasteiger charge is -2.53. The zero-order chi connectivity index (χ0) is 20.1. The fraction of sp³-hybridized carbons (Fsp3) is 0.696. The monoisotopic (exact) mass is 387 g/mol. The maximum Gasteiger partial charge on any atom is 0.217 e. The van der Waals surface area contributed by atoms with Gasteiger partial charge < -0.3 is 19.9 Å². The van der Waals surface area contributed by atoms with E-state index in [1.54, 1.807) is 6.92 Å². The van der Waals surface area contributed by atoms with E-state index in [2.05, 4.69) is 25.2 Å². The van der Waals surface area contributed by atoms with Crippen LogP contribution in [0.15, 0.2) is 18.2 Å². The molecule has 1 amide bonds. The van der Waals surface area contributed by atoms with Gasteiger partial charge in [0, 0.05) is 25.1 Å². The molecule has 2 bridgehead atoms. The Morgan fingerprint density at radius 3 is 2.86 bits per heavy atom. The molecule has 0 radical (unpaired) electrons. The summed E-state index contributed by atoms with van der Waals surface area (Å²) in [7, 11) is 0. The van der Waals surface area contributed by atoms with Crippen LogP contribution in [0.25, 0.3) is 0 Å². The maximum absolute atomic E-state index is 12.0. The van der Waals surface area contributed by atoms with E-state index in [0.29, 0.717) is 25.0 Å². The molecule has 3 aliphatic rings. The number of hydrogen-bond donors (Lipinski definition) is 2. The van der Waals surface area contributed by atoms with Gasteiger partial charge in [-0.15, -0.1) is 0 Å². The quantitative estimate of drug-likeness (QED) is 0.810. The van der Waals surface area contributed by atoms with Crippen molar-refractivity contribution < 1.29 is 19.4 Å². The molecule has 1 saturated heterocycles. The number of aliphatic hydroxyl groups excluding tert-OH is 1. The van der Waals surface area contributed by atoms with Gasteiger partial charge in [-0.05, 0) is 66.5 Å². The zero-order valence-corrected chi connectivity index (χ0v) is 17.5. The van der Waals surface area contributed by atoms with E-state index in [1.807, 2.05) is 19.1 Å². The normalized spacial score (nSPS) is 35.5. The lowest BCUT2D eigenvalue weighted by Crippen LogP contribution is -2.58. The van der Waals surface area contributed by atoms with Crippen molar-refractivity contribution in [1.29, 1.82) is 0 Å². The molecule has 28 heavy (non-hydrogen) atoms. The first-order valence-electron chi connectivity index (χ1n) is 10.6. The smallest absolute Gasteiger partial charge is 0.217 e. The van der Waals surface area contributed by atoms with Gasteiger partial charge in [0.25, 0.3) is 0 Å². The Kier molecular flexibility index (Phi) is 4.95. The van der Waals surface area contributed by atoms with Gasteiger partial charge in [-0.3, -0.25) is 4.79 Å². The van der Waals surface area contributed by atoms with Crippen molar-refractivity contribution in [3.05, 3.63) is 29.3 Å². The van der Waals surface area contributed by atoms with Crippen LogP contribution < -0.4 is 10.1 Å². The van der Waals surface area contributed by atoms with E-state index in [0.717, 1.165) is 29.7 Å². The van der Waals surface area contributed by atoms with E-state index in [4.69, 9.17) is 9.47 Å². The van der Waals surface area contributed by atoms with Crippen molar-refractivity contribution in [3.8, 4) is 5.75 Å². The number of amides is 1. The van der Waals surface area contributed by atoms with Crippen molar-refractivity contribution in [2.24, 2.45) is 22.7 Å². The third-order valence-electron chi connectivity index (χ3n) is 7.74. The molecular weight excluding hydrogens is 354 g/mol. The molecule has 4 rings (SSSR count). The van der Waals surface area contributed by atoms with E-state index < -0.39 is 0 Å². The van der Waals surface area contributed by atoms with Crippen molar-refractivity contribution in [2.45, 2.75) is 65.7 Å². The summed E-state index contributed by atoms with van der Waals surface area (Å²) in [6.45, 7) is 9.44. The largest absolute Gasteiger partial charge is 0.494 e. The topological polar surface area (TPSA) is 67.8 Å². The van der Waals surface area contributed by atoms with E-state index in [-0.39, 0.29) is 35.5 Å². The number of nitrogens with one attached hydrogen (secondary N) is 1. The van der Waals surface area contributed by atoms with E-state index in [1.165, 1.54) is 6.42 Å². The number of aliphatic hydroxyl groups is 1. The van der Waals surface area contributed by atoms with Gasteiger partial charge in [-0.2, -0.15) is 0 Å². The zero-order valence-electron chi connectivity index (χ0n) is 17.5. The molecule has 3 fully saturated rings. The average molecular weight is 388 g/mol. The second-order valence-corrected chi connectivity index (χ2v) is 9.43. The van der Waals surface area contributed by atoms with Crippen LogP contribution in [-0.2, 0) is 16.1 Å². The second kappa shape index (κ2) is 7.03. The minimum Gasteiger partial charge on any atom is -0.494 e. The Hall–Kier alpha value is -1.59. The first kappa shape index (κ1) is 19.7. The SMILES string of the molecule is CCOc1ccc([C@H]2OCC[C@@]34C[C@@H](C[C@H]23)C(C)(C)[C@@H]4NC(C)=O)cc1CO. The summed E-state index contributed by atoms with van der Waals surface area (Å²) in [5.74, 6) is 1.79. The van der Waals surface area contributed by atoms with Crippen LogP contribution in [0.3, 0.4) is 0 Å². The number of rotatable bonds is 5. The van der Waals surface area contributed by atoms with Crippen molar-refractivity contribution >= 4 is 5.91 Å². The molecule has 0 unspecified atom stereocenters. The predicted molar refractivity (Wildman–Crippen MR) is 107 cm³/mol. The number of carbonyl (C=O) groups is 1. The molecule has 1 aromatic rings. The summed E-state index contributed by atoms with van der Waals surface area (Å²) in [4.78, 5) is 12.0. The van der Waals surface area contributed by atoms with Gasteiger partial charge in [0.05, 0.1) is 19.3 Å². The molecule has 2 saturated carbocycles. The Morgan fingerprint density at radius 1 is 1.39 bits per heavy atom. The number of ether oxygens (including phenoxy) is 2. The van der Waals surface area contributed by atoms with Crippen molar-refractivity contribution in [1.82, 2.24) is 5.32 Å². The van der Waals surface area contributed by atoms with Crippen LogP contribution in [-0.4, -0.2) is 30.3 Å². The fourth-order valence-electron chi connectivity index (χ4n) is 6.52. The van der Waals surface area contributed by atoms with Gasteiger partial charge in [-0.1, -0.05) is 19.9 Å². The Balaban J connectivity index is 1.68. The van der Waals surface area contributed by atoms with Gasteiger partial charge in [-0.25, -0.2) is 0 Å². The second-order valence-electron chi connectivity index (χ2n) is 9.43. The molecule has 5 nitrogen and oxygen atoms in total. The van der Waals surface area contributed by atoms with Crippen LogP contribution in [0.1, 0.15) is 64.2 Å². The van der Waals surface area contributed by atoms with Gasteiger partial charge in [0.1, 0.15) is 5.75 Å². The average Bonchev–Trinajstić information content (AvgIpc) is 3.15. The summed E-state index contributed by atoms with van der Waals surface area (Å²) in [6, 6.07) is 6.27. The molecule has 154 valence electrons. The summed E-state index contributed by atoms with van der Waals surface area (Å²) in [5.41, 5.74) is 2.13. The first-order chi connectivity index (χ1) is 13.3. The summed E-state index contributed by atoms with van der Waals surface area (Å²) < 4.78 is 12.0. The minimum absolute atomic E-state index is 0.00656. The fourth-order valence-corrected chi connectivity index (χ4v) is 6.52. The summed E-state index contributed by atoms with van der Waals surface area (Å²) in [6.07, 6.45) is 3.31. The van der Waals surface area contributed by atoms with Crippen LogP contribution in [0.4, 0.5) is 0 Å². The van der Waals surface area contributed by atoms with Crippen LogP contribution in [0.2, 0.25) is 0 Å². The van der Waals surface area contributed by atoms with Crippen LogP contribution >= 0.6 is 0 Å². The molecule has 1 aliphatic heterocycles. The van der Waals surface area contributed by atoms with Crippen LogP contribution in [0.5, 0.6) is 5.75 Å². The predicted octanol–water partition coefficient (Wildman–Crippen LogP) is 3.60. The lowest BCUT2D eigenvalue weighted by atomic mass is 9.59. The van der Waals surface area contributed by atoms with Crippen molar-refractivity contribution in [2.75, 3.05) is 13.2 Å². The number of hydrogen-bond acceptors (Lipinski definition) is 4. The van der Waals surface area contributed by atoms with E-state index >= 15 is 0 Å². The maximum atomic E-state index is 12.0. The van der Waals surface area contributed by atoms with Gasteiger partial charge >= 0.3 is 0 Å². The standard InChI is InChI=1S/C23H33NO4/c1-5-27-19-7-6-15(10-16(19)13-25)20-18-11-17-12-23(18,8-9-28-20)21(22(17,3)4)24-14(2)26/h6-7,10,17-18,20-21,25H,5,8-9,11-13H2,1-4H3,(H,24,26)/t17-,18-,20-,21+,23-/m1/s1. The van der Waals surface area contributed by atoms with Crippen molar-refractivity contribution in [3.63, 3.8) is 0 Å². The third kappa shape index (κ3) is 2.86. The molecular formula is C23H33NO4. The van der Waals surface area contributed by atoms with Gasteiger partial charge in [0.2, 0.25) is 5.91 Å². The highest BCUT2D eigenvalue weighted by Crippen LogP contribution is 2.70. The summed E-state index contributed by atoms with van der Waals surface area (Å²) >= 11 is 0. The molecule has 2 N–H and O–H groups in total. The molecule has 1 heterocycles. The Morgan fingerprint density at radius 2 is 2.18 bits per heavy atom. The molecule has 1 aromatic carbocycles. The van der Waals surface area contributed by atoms with E-state index in [9.17, 15) is 9.90 Å². The molecule has 1 spiro atoms. The molecule has 0 aromatic heterocycles. The van der Waals surface area contributed by atoms with Gasteiger partial charge in [0.15, 0.2) is 0 Å². The molecule has 5 heteroatoms. The highest BCUT2D eigenvalue weighted by molar-refractivity contribution is 5.73. The highest BCUT2D eigenvalue weighted by atomic mass is 16.5. The first-order valence-corrected chi connectivity index (χ1v) is 10.6. The lowest BCUT2D eigenvalue weighted by molar-refractivity contribution is -0.136. The number of benzene rings is 1. The summed E-state index contributed by atoms with van der Waals surface area (Å²) in [5, 5.41) is 13.1. The third-order valence-corrected chi connectivity index (χ3v) is 7.74. The number of carbonyl (C=O) groups excluding carboxylic acids is 1. The highest BCUT2D eigenvalue weighted by Gasteiger charge is 2.68. The molecule has 2 aliphatic carbocycles. The van der Waals surface area contributed by atoms with Crippen LogP contribution in [0, 0.1) is 22.7 Å². The number of fused-ring (bicyclic) bond motifs is 1.